The minimum Gasteiger partial charge on any atom is -0.449 e. The molecule has 0 bridgehead atoms. The van der Waals surface area contributed by atoms with Crippen molar-refractivity contribution in [3.63, 3.8) is 0 Å². The van der Waals surface area contributed by atoms with Crippen molar-refractivity contribution >= 4 is 40.9 Å². The van der Waals surface area contributed by atoms with Crippen molar-refractivity contribution in [1.29, 1.82) is 0 Å². The van der Waals surface area contributed by atoms with Crippen LogP contribution in [0.1, 0.15) is 37.5 Å². The first-order valence-electron chi connectivity index (χ1n) is 11.6. The van der Waals surface area contributed by atoms with Crippen LogP contribution in [-0.4, -0.2) is 27.6 Å². The molecule has 10 heteroatoms. The molecular weight excluding hydrogens is 513 g/mol. The van der Waals surface area contributed by atoms with Crippen LogP contribution in [0.5, 0.6) is 5.88 Å². The van der Waals surface area contributed by atoms with Crippen LogP contribution in [0.2, 0.25) is 5.02 Å². The van der Waals surface area contributed by atoms with Gasteiger partial charge in [0.25, 0.3) is 11.8 Å². The molecule has 0 spiro atoms. The van der Waals surface area contributed by atoms with Crippen LogP contribution in [0.25, 0.3) is 0 Å². The maximum absolute atomic E-state index is 13.7. The molecule has 0 radical (unpaired) electrons. The maximum atomic E-state index is 13.7. The molecular formula is C28H21ClFN3O5. The van der Waals surface area contributed by atoms with Crippen molar-refractivity contribution in [2.75, 3.05) is 10.2 Å². The van der Waals surface area contributed by atoms with Gasteiger partial charge in [0, 0.05) is 28.7 Å². The number of carboxylic acid groups (broad SMARTS) is 1. The number of para-hydroxylation sites is 1. The van der Waals surface area contributed by atoms with Crippen molar-refractivity contribution in [1.82, 2.24) is 4.57 Å². The summed E-state index contributed by atoms with van der Waals surface area (Å²) < 4.78 is 20.3. The van der Waals surface area contributed by atoms with E-state index in [0.29, 0.717) is 29.2 Å². The Balaban J connectivity index is 1.44. The van der Waals surface area contributed by atoms with Crippen LogP contribution in [0.15, 0.2) is 72.8 Å². The van der Waals surface area contributed by atoms with E-state index in [1.165, 1.54) is 24.3 Å². The van der Waals surface area contributed by atoms with Crippen LogP contribution in [0, 0.1) is 12.7 Å². The minimum atomic E-state index is -1.43. The summed E-state index contributed by atoms with van der Waals surface area (Å²) in [6.07, 6.45) is -1.43. The number of hydrogen-bond donors (Lipinski definition) is 2. The summed E-state index contributed by atoms with van der Waals surface area (Å²) in [4.78, 5) is 39.1. The fraction of sp³-hybridized carbons (Fsp3) is 0.107. The third-order valence-corrected chi connectivity index (χ3v) is 6.61. The summed E-state index contributed by atoms with van der Waals surface area (Å²) in [6.45, 7) is 2.16. The Labute approximate surface area is 221 Å². The molecule has 1 aromatic heterocycles. The summed E-state index contributed by atoms with van der Waals surface area (Å²) in [5.41, 5.74) is 3.48. The predicted octanol–water partition coefficient (Wildman–Crippen LogP) is 6.11. The average Bonchev–Trinajstić information content (AvgIpc) is 3.14. The lowest BCUT2D eigenvalue weighted by Gasteiger charge is -2.23. The molecule has 2 heterocycles. The van der Waals surface area contributed by atoms with Crippen molar-refractivity contribution in [2.45, 2.75) is 20.0 Å². The Morgan fingerprint density at radius 2 is 1.76 bits per heavy atom. The van der Waals surface area contributed by atoms with Gasteiger partial charge in [-0.2, -0.15) is 0 Å². The number of halogens is 2. The molecule has 1 aliphatic heterocycles. The standard InChI is InChI=1S/C28H21ClFN3O5/c1-16-6-7-18(30)12-22(16)26(34)31-19-8-10-21(23(29)13-19)27(35)33-15-20-9-11-25(38-28(36)37)32(20)14-17-4-2-3-5-24(17)33/h2-13H,14-15H2,1H3,(H,31,34)(H,36,37). The van der Waals surface area contributed by atoms with Crippen LogP contribution in [0.4, 0.5) is 20.6 Å². The van der Waals surface area contributed by atoms with E-state index in [4.69, 9.17) is 21.4 Å². The van der Waals surface area contributed by atoms with Crippen LogP contribution >= 0.6 is 11.6 Å². The van der Waals surface area contributed by atoms with Gasteiger partial charge in [0.1, 0.15) is 5.82 Å². The lowest BCUT2D eigenvalue weighted by atomic mass is 10.1. The number of ether oxygens (including phenoxy) is 1. The first-order valence-corrected chi connectivity index (χ1v) is 11.9. The molecule has 0 aliphatic carbocycles. The summed E-state index contributed by atoms with van der Waals surface area (Å²) in [5.74, 6) is -1.25. The molecule has 0 fully saturated rings. The van der Waals surface area contributed by atoms with Gasteiger partial charge in [-0.25, -0.2) is 9.18 Å². The van der Waals surface area contributed by atoms with Crippen LogP contribution in [0.3, 0.4) is 0 Å². The van der Waals surface area contributed by atoms with E-state index in [2.05, 4.69) is 5.32 Å². The summed E-state index contributed by atoms with van der Waals surface area (Å²) in [5, 5.41) is 11.9. The number of carbonyl (C=O) groups is 3. The van der Waals surface area contributed by atoms with Gasteiger partial charge in [-0.1, -0.05) is 35.9 Å². The average molecular weight is 534 g/mol. The number of aryl methyl sites for hydroxylation is 1. The summed E-state index contributed by atoms with van der Waals surface area (Å²) in [6, 6.07) is 19.0. The van der Waals surface area contributed by atoms with E-state index < -0.39 is 17.9 Å². The third kappa shape index (κ3) is 4.83. The fourth-order valence-electron chi connectivity index (χ4n) is 4.44. The fourth-order valence-corrected chi connectivity index (χ4v) is 4.70. The van der Waals surface area contributed by atoms with Gasteiger partial charge >= 0.3 is 6.16 Å². The molecule has 3 aromatic carbocycles. The summed E-state index contributed by atoms with van der Waals surface area (Å²) >= 11 is 6.51. The minimum absolute atomic E-state index is 0.121. The molecule has 38 heavy (non-hydrogen) atoms. The Bertz CT molecular complexity index is 1600. The first-order chi connectivity index (χ1) is 18.2. The third-order valence-electron chi connectivity index (χ3n) is 6.30. The zero-order chi connectivity index (χ0) is 27.0. The second-order valence-corrected chi connectivity index (χ2v) is 9.15. The van der Waals surface area contributed by atoms with E-state index in [1.807, 2.05) is 18.2 Å². The van der Waals surface area contributed by atoms with Crippen LogP contribution < -0.4 is 15.0 Å². The van der Waals surface area contributed by atoms with Gasteiger partial charge in [0.2, 0.25) is 5.88 Å². The Kier molecular flexibility index (Phi) is 6.61. The largest absolute Gasteiger partial charge is 0.512 e. The van der Waals surface area contributed by atoms with Gasteiger partial charge in [0.15, 0.2) is 0 Å². The molecule has 2 amide bonds. The smallest absolute Gasteiger partial charge is 0.449 e. The number of nitrogens with zero attached hydrogens (tertiary/aromatic N) is 2. The zero-order valence-electron chi connectivity index (χ0n) is 20.1. The lowest BCUT2D eigenvalue weighted by Crippen LogP contribution is -2.31. The molecule has 0 saturated carbocycles. The monoisotopic (exact) mass is 533 g/mol. The van der Waals surface area contributed by atoms with Crippen LogP contribution in [-0.2, 0) is 13.1 Å². The number of nitrogens with one attached hydrogen (secondary N) is 1. The summed E-state index contributed by atoms with van der Waals surface area (Å²) in [7, 11) is 0. The number of fused-ring (bicyclic) bond motifs is 2. The van der Waals surface area contributed by atoms with Crippen molar-refractivity contribution in [3.8, 4) is 5.88 Å². The highest BCUT2D eigenvalue weighted by molar-refractivity contribution is 6.35. The van der Waals surface area contributed by atoms with E-state index in [9.17, 15) is 18.8 Å². The molecule has 1 aliphatic rings. The molecule has 0 saturated heterocycles. The zero-order valence-corrected chi connectivity index (χ0v) is 20.8. The Morgan fingerprint density at radius 3 is 2.53 bits per heavy atom. The molecule has 0 atom stereocenters. The Hall–Kier alpha value is -4.63. The molecule has 2 N–H and O–H groups in total. The van der Waals surface area contributed by atoms with E-state index >= 15 is 0 Å². The van der Waals surface area contributed by atoms with Gasteiger partial charge < -0.3 is 24.6 Å². The van der Waals surface area contributed by atoms with Gasteiger partial charge in [-0.05, 0) is 60.5 Å². The normalized spacial score (nSPS) is 12.2. The number of amides is 2. The quantitative estimate of drug-likeness (QED) is 0.308. The second kappa shape index (κ2) is 10.0. The van der Waals surface area contributed by atoms with Crippen molar-refractivity contribution in [2.24, 2.45) is 0 Å². The second-order valence-electron chi connectivity index (χ2n) is 8.75. The molecule has 192 valence electrons. The number of benzene rings is 3. The number of hydrogen-bond acceptors (Lipinski definition) is 4. The number of rotatable bonds is 4. The number of anilines is 2. The van der Waals surface area contributed by atoms with Gasteiger partial charge in [0.05, 0.1) is 23.7 Å². The highest BCUT2D eigenvalue weighted by Gasteiger charge is 2.28. The number of aromatic nitrogens is 1. The Morgan fingerprint density at radius 1 is 0.974 bits per heavy atom. The first kappa shape index (κ1) is 25.0. The van der Waals surface area contributed by atoms with E-state index in [-0.39, 0.29) is 34.5 Å². The predicted molar refractivity (Wildman–Crippen MR) is 140 cm³/mol. The maximum Gasteiger partial charge on any atom is 0.512 e. The highest BCUT2D eigenvalue weighted by atomic mass is 35.5. The molecule has 0 unspecified atom stereocenters. The SMILES string of the molecule is Cc1ccc(F)cc1C(=O)Nc1ccc(C(=O)N2Cc3ccc(OC(=O)O)n3Cc3ccccc32)c(Cl)c1. The molecule has 8 nitrogen and oxygen atoms in total. The molecule has 5 rings (SSSR count). The van der Waals surface area contributed by atoms with E-state index in [0.717, 1.165) is 11.6 Å². The lowest BCUT2D eigenvalue weighted by molar-refractivity contribution is 0.0983. The highest BCUT2D eigenvalue weighted by Crippen LogP contribution is 2.33. The topological polar surface area (TPSA) is 101 Å². The van der Waals surface area contributed by atoms with E-state index in [1.54, 1.807) is 40.7 Å². The number of carbonyl (C=O) groups excluding carboxylic acids is 2. The van der Waals surface area contributed by atoms with Gasteiger partial charge in [-0.3, -0.25) is 9.59 Å². The van der Waals surface area contributed by atoms with Gasteiger partial charge in [-0.15, -0.1) is 0 Å². The van der Waals surface area contributed by atoms with Crippen molar-refractivity contribution in [3.05, 3.63) is 112 Å². The van der Waals surface area contributed by atoms with Crippen molar-refractivity contribution < 1.29 is 28.6 Å². The molecule has 4 aromatic rings.